The fourth-order valence-electron chi connectivity index (χ4n) is 3.50. The van der Waals surface area contributed by atoms with Crippen LogP contribution in [0.1, 0.15) is 46.2 Å². The highest BCUT2D eigenvalue weighted by Gasteiger charge is 2.28. The van der Waals surface area contributed by atoms with Crippen LogP contribution in [0.4, 0.5) is 5.69 Å². The smallest absolute Gasteiger partial charge is 0.272 e. The first-order valence-electron chi connectivity index (χ1n) is 9.90. The minimum absolute atomic E-state index is 0.0777. The molecule has 1 saturated heterocycles. The van der Waals surface area contributed by atoms with Gasteiger partial charge in [0.15, 0.2) is 0 Å². The van der Waals surface area contributed by atoms with E-state index in [1.165, 1.54) is 0 Å². The second kappa shape index (κ2) is 9.32. The fourth-order valence-corrected chi connectivity index (χ4v) is 3.50. The number of hydrogen-bond acceptors (Lipinski definition) is 4. The number of carbonyl (C=O) groups is 3. The molecule has 1 aliphatic heterocycles. The number of likely N-dealkylation sites (tertiary alicyclic amines) is 1. The minimum atomic E-state index is -0.171. The molecule has 3 rings (SSSR count). The molecule has 152 valence electrons. The zero-order valence-electron chi connectivity index (χ0n) is 16.8. The van der Waals surface area contributed by atoms with Crippen molar-refractivity contribution in [2.45, 2.75) is 26.7 Å². The van der Waals surface area contributed by atoms with Gasteiger partial charge in [0, 0.05) is 43.0 Å². The molecule has 0 bridgehead atoms. The third kappa shape index (κ3) is 4.80. The van der Waals surface area contributed by atoms with Gasteiger partial charge in [0.1, 0.15) is 5.69 Å². The Balaban J connectivity index is 1.60. The molecule has 2 aromatic rings. The van der Waals surface area contributed by atoms with Crippen LogP contribution < -0.4 is 10.6 Å². The normalized spacial score (nSPS) is 14.3. The average molecular weight is 394 g/mol. The third-order valence-corrected chi connectivity index (χ3v) is 5.21. The van der Waals surface area contributed by atoms with Gasteiger partial charge in [-0.1, -0.05) is 12.1 Å². The number of anilines is 1. The van der Waals surface area contributed by atoms with Gasteiger partial charge < -0.3 is 15.5 Å². The molecule has 1 fully saturated rings. The van der Waals surface area contributed by atoms with Gasteiger partial charge in [0.05, 0.1) is 0 Å². The zero-order chi connectivity index (χ0) is 20.8. The summed E-state index contributed by atoms with van der Waals surface area (Å²) in [6.07, 6.45) is 2.80. The number of rotatable bonds is 5. The summed E-state index contributed by atoms with van der Waals surface area (Å²) in [4.78, 5) is 43.2. The Morgan fingerprint density at radius 3 is 2.52 bits per heavy atom. The molecular weight excluding hydrogens is 368 g/mol. The van der Waals surface area contributed by atoms with Crippen molar-refractivity contribution < 1.29 is 14.4 Å². The number of benzene rings is 1. The van der Waals surface area contributed by atoms with Crippen LogP contribution in [-0.2, 0) is 4.79 Å². The summed E-state index contributed by atoms with van der Waals surface area (Å²) in [7, 11) is 0. The van der Waals surface area contributed by atoms with E-state index in [1.54, 1.807) is 47.5 Å². The van der Waals surface area contributed by atoms with Crippen LogP contribution in [0.2, 0.25) is 0 Å². The number of nitrogens with zero attached hydrogens (tertiary/aromatic N) is 2. The highest BCUT2D eigenvalue weighted by atomic mass is 16.2. The van der Waals surface area contributed by atoms with E-state index < -0.39 is 0 Å². The molecule has 0 saturated carbocycles. The van der Waals surface area contributed by atoms with E-state index in [0.29, 0.717) is 49.4 Å². The topological polar surface area (TPSA) is 91.4 Å². The van der Waals surface area contributed by atoms with Crippen molar-refractivity contribution in [3.63, 3.8) is 0 Å². The van der Waals surface area contributed by atoms with Gasteiger partial charge in [-0.2, -0.15) is 0 Å². The number of nitrogens with one attached hydrogen (secondary N) is 2. The summed E-state index contributed by atoms with van der Waals surface area (Å²) in [5, 5.41) is 5.74. The molecular formula is C22H26N4O3. The number of carbonyl (C=O) groups excluding carboxylic acids is 3. The first-order valence-corrected chi connectivity index (χ1v) is 9.90. The summed E-state index contributed by atoms with van der Waals surface area (Å²) in [5.74, 6) is -0.501. The second-order valence-corrected chi connectivity index (χ2v) is 7.11. The maximum atomic E-state index is 12.7. The quantitative estimate of drug-likeness (QED) is 0.816. The van der Waals surface area contributed by atoms with Gasteiger partial charge in [-0.15, -0.1) is 0 Å². The lowest BCUT2D eigenvalue weighted by atomic mass is 9.95. The van der Waals surface area contributed by atoms with E-state index in [0.717, 1.165) is 5.56 Å². The van der Waals surface area contributed by atoms with Gasteiger partial charge in [-0.3, -0.25) is 19.4 Å². The Bertz CT molecular complexity index is 890. The van der Waals surface area contributed by atoms with E-state index in [1.807, 2.05) is 13.8 Å². The Kier molecular flexibility index (Phi) is 6.59. The van der Waals surface area contributed by atoms with Crippen LogP contribution in [0.5, 0.6) is 0 Å². The lowest BCUT2D eigenvalue weighted by Crippen LogP contribution is -2.41. The van der Waals surface area contributed by atoms with Crippen molar-refractivity contribution in [2.75, 3.05) is 25.0 Å². The third-order valence-electron chi connectivity index (χ3n) is 5.21. The summed E-state index contributed by atoms with van der Waals surface area (Å²) in [5.41, 5.74) is 2.37. The number of piperidine rings is 1. The SMILES string of the molecule is CCNC(=O)c1cccc(NC(=O)C2CCN(C(=O)c3ccccn3)CC2)c1C. The molecule has 1 aliphatic rings. The first-order chi connectivity index (χ1) is 14.0. The monoisotopic (exact) mass is 394 g/mol. The van der Waals surface area contributed by atoms with Crippen LogP contribution in [0.15, 0.2) is 42.6 Å². The lowest BCUT2D eigenvalue weighted by Gasteiger charge is -2.31. The largest absolute Gasteiger partial charge is 0.352 e. The average Bonchev–Trinajstić information content (AvgIpc) is 2.75. The zero-order valence-corrected chi connectivity index (χ0v) is 16.8. The van der Waals surface area contributed by atoms with Gasteiger partial charge >= 0.3 is 0 Å². The van der Waals surface area contributed by atoms with Crippen molar-refractivity contribution in [3.8, 4) is 0 Å². The standard InChI is InChI=1S/C22H26N4O3/c1-3-23-21(28)17-7-6-9-18(15(17)2)25-20(27)16-10-13-26(14-11-16)22(29)19-8-4-5-12-24-19/h4-9,12,16H,3,10-11,13-14H2,1-2H3,(H,23,28)(H,25,27). The molecule has 29 heavy (non-hydrogen) atoms. The van der Waals surface area contributed by atoms with Crippen molar-refractivity contribution in [3.05, 3.63) is 59.4 Å². The van der Waals surface area contributed by atoms with Gasteiger partial charge in [0.2, 0.25) is 5.91 Å². The number of hydrogen-bond donors (Lipinski definition) is 2. The Hall–Kier alpha value is -3.22. The Morgan fingerprint density at radius 2 is 1.86 bits per heavy atom. The summed E-state index contributed by atoms with van der Waals surface area (Å²) in [6, 6.07) is 10.6. The molecule has 1 aromatic carbocycles. The predicted octanol–water partition coefficient (Wildman–Crippen LogP) is 2.63. The molecule has 0 spiro atoms. The van der Waals surface area contributed by atoms with E-state index in [9.17, 15) is 14.4 Å². The van der Waals surface area contributed by atoms with E-state index in [4.69, 9.17) is 0 Å². The van der Waals surface area contributed by atoms with Crippen LogP contribution >= 0.6 is 0 Å². The van der Waals surface area contributed by atoms with Crippen LogP contribution in [0, 0.1) is 12.8 Å². The van der Waals surface area contributed by atoms with Crippen LogP contribution in [0.3, 0.4) is 0 Å². The van der Waals surface area contributed by atoms with E-state index >= 15 is 0 Å². The number of amides is 3. The number of pyridine rings is 1. The number of aromatic nitrogens is 1. The first kappa shape index (κ1) is 20.5. The Morgan fingerprint density at radius 1 is 1.10 bits per heavy atom. The maximum absolute atomic E-state index is 12.7. The van der Waals surface area contributed by atoms with Crippen molar-refractivity contribution in [1.29, 1.82) is 0 Å². The molecule has 0 unspecified atom stereocenters. The second-order valence-electron chi connectivity index (χ2n) is 7.11. The molecule has 3 amide bonds. The summed E-state index contributed by atoms with van der Waals surface area (Å²) in [6.45, 7) is 5.28. The van der Waals surface area contributed by atoms with Crippen molar-refractivity contribution in [1.82, 2.24) is 15.2 Å². The highest BCUT2D eigenvalue weighted by Crippen LogP contribution is 2.23. The lowest BCUT2D eigenvalue weighted by molar-refractivity contribution is -0.121. The van der Waals surface area contributed by atoms with Crippen molar-refractivity contribution in [2.24, 2.45) is 5.92 Å². The molecule has 1 aromatic heterocycles. The van der Waals surface area contributed by atoms with Gasteiger partial charge in [0.25, 0.3) is 11.8 Å². The highest BCUT2D eigenvalue weighted by molar-refractivity contribution is 6.00. The Labute approximate surface area is 170 Å². The van der Waals surface area contributed by atoms with E-state index in [2.05, 4.69) is 15.6 Å². The summed E-state index contributed by atoms with van der Waals surface area (Å²) < 4.78 is 0. The van der Waals surface area contributed by atoms with Crippen LogP contribution in [-0.4, -0.2) is 47.2 Å². The molecule has 0 radical (unpaired) electrons. The van der Waals surface area contributed by atoms with Crippen molar-refractivity contribution >= 4 is 23.4 Å². The summed E-state index contributed by atoms with van der Waals surface area (Å²) >= 11 is 0. The minimum Gasteiger partial charge on any atom is -0.352 e. The molecule has 2 heterocycles. The molecule has 7 heteroatoms. The van der Waals surface area contributed by atoms with Gasteiger partial charge in [-0.25, -0.2) is 0 Å². The molecule has 7 nitrogen and oxygen atoms in total. The molecule has 0 aliphatic carbocycles. The van der Waals surface area contributed by atoms with Crippen LogP contribution in [0.25, 0.3) is 0 Å². The predicted molar refractivity (Wildman–Crippen MR) is 111 cm³/mol. The maximum Gasteiger partial charge on any atom is 0.272 e. The molecule has 2 N–H and O–H groups in total. The molecule has 0 atom stereocenters. The van der Waals surface area contributed by atoms with E-state index in [-0.39, 0.29) is 23.6 Å². The van der Waals surface area contributed by atoms with Gasteiger partial charge in [-0.05, 0) is 56.5 Å². The fraction of sp³-hybridized carbons (Fsp3) is 0.364.